The van der Waals surface area contributed by atoms with Crippen LogP contribution in [-0.2, 0) is 6.54 Å². The Morgan fingerprint density at radius 2 is 1.85 bits per heavy atom. The number of fused-ring (bicyclic) bond motifs is 1. The number of alkyl halides is 2. The first kappa shape index (κ1) is 27.2. The fraction of sp³-hybridized carbons (Fsp3) is 0.310. The van der Waals surface area contributed by atoms with Gasteiger partial charge in [0.25, 0.3) is 5.91 Å². The van der Waals surface area contributed by atoms with E-state index in [1.807, 2.05) is 12.1 Å². The zero-order chi connectivity index (χ0) is 28.2. The minimum Gasteiger partial charge on any atom is -0.415 e. The molecule has 1 amide bonds. The van der Waals surface area contributed by atoms with Gasteiger partial charge in [0.15, 0.2) is 5.65 Å². The van der Waals surface area contributed by atoms with Crippen LogP contribution in [0, 0.1) is 25.7 Å². The summed E-state index contributed by atoms with van der Waals surface area (Å²) >= 11 is 0. The van der Waals surface area contributed by atoms with Crippen LogP contribution in [-0.4, -0.2) is 75.1 Å². The number of anilines is 1. The van der Waals surface area contributed by atoms with E-state index < -0.39 is 6.61 Å². The predicted octanol–water partition coefficient (Wildman–Crippen LogP) is 3.74. The molecule has 3 aromatic heterocycles. The number of aromatic nitrogens is 4. The summed E-state index contributed by atoms with van der Waals surface area (Å²) in [4.78, 5) is 26.3. The minimum absolute atomic E-state index is 0.248. The van der Waals surface area contributed by atoms with Gasteiger partial charge < -0.3 is 15.0 Å². The number of halogens is 2. The summed E-state index contributed by atoms with van der Waals surface area (Å²) in [5.74, 6) is 5.39. The van der Waals surface area contributed by atoms with Crippen LogP contribution in [0.1, 0.15) is 38.4 Å². The summed E-state index contributed by atoms with van der Waals surface area (Å²) in [6.07, 6.45) is 2.99. The second kappa shape index (κ2) is 11.8. The molecule has 0 aliphatic carbocycles. The Balaban J connectivity index is 1.30. The minimum atomic E-state index is -2.99. The van der Waals surface area contributed by atoms with Gasteiger partial charge in [-0.15, -0.1) is 5.10 Å². The fourth-order valence-corrected chi connectivity index (χ4v) is 4.41. The number of nitrogens with zero attached hydrogens (tertiary/aromatic N) is 6. The Morgan fingerprint density at radius 1 is 1.05 bits per heavy atom. The highest BCUT2D eigenvalue weighted by Crippen LogP contribution is 2.19. The fourth-order valence-electron chi connectivity index (χ4n) is 4.41. The predicted molar refractivity (Wildman–Crippen MR) is 146 cm³/mol. The van der Waals surface area contributed by atoms with E-state index in [1.165, 1.54) is 34.6 Å². The number of hydrogen-bond acceptors (Lipinski definition) is 7. The molecule has 4 aromatic rings. The number of amides is 1. The Bertz CT molecular complexity index is 1600. The van der Waals surface area contributed by atoms with Crippen molar-refractivity contribution in [1.29, 1.82) is 0 Å². The first-order valence-corrected chi connectivity index (χ1v) is 12.9. The summed E-state index contributed by atoms with van der Waals surface area (Å²) in [5.41, 5.74) is 5.41. The average molecular weight is 546 g/mol. The van der Waals surface area contributed by atoms with Crippen LogP contribution in [0.2, 0.25) is 0 Å². The van der Waals surface area contributed by atoms with E-state index >= 15 is 0 Å². The zero-order valence-electron chi connectivity index (χ0n) is 22.5. The lowest BCUT2D eigenvalue weighted by Gasteiger charge is -2.32. The highest BCUT2D eigenvalue weighted by Gasteiger charge is 2.16. The van der Waals surface area contributed by atoms with Gasteiger partial charge in [0, 0.05) is 56.2 Å². The quantitative estimate of drug-likeness (QED) is 0.370. The third-order valence-corrected chi connectivity index (χ3v) is 6.81. The van der Waals surface area contributed by atoms with Crippen molar-refractivity contribution in [2.24, 2.45) is 0 Å². The standard InChI is InChI=1S/C29H29F2N7O2/c1-19-14-24(6-4-22(19)18-37-12-10-36(3)11-13-37)34-28(39)23-15-21(20(2)32-16-23)5-7-25-17-33-26-8-9-27(35-38(25)26)40-29(30)31/h4,6,8-9,14-17,29H,10-13,18H2,1-3H3,(H,34,39). The van der Waals surface area contributed by atoms with Gasteiger partial charge in [0.2, 0.25) is 5.88 Å². The molecule has 1 aromatic carbocycles. The molecular formula is C29H29F2N7O2. The number of rotatable bonds is 6. The van der Waals surface area contributed by atoms with Gasteiger partial charge in [0.05, 0.1) is 17.5 Å². The van der Waals surface area contributed by atoms with Crippen LogP contribution in [0.3, 0.4) is 0 Å². The van der Waals surface area contributed by atoms with E-state index in [0.29, 0.717) is 33.8 Å². The van der Waals surface area contributed by atoms with Crippen LogP contribution in [0.25, 0.3) is 5.65 Å². The number of likely N-dealkylation sites (N-methyl/N-ethyl adjacent to an activating group) is 1. The molecule has 1 aliphatic rings. The summed E-state index contributed by atoms with van der Waals surface area (Å²) in [6.45, 7) is 5.96. The number of nitrogens with one attached hydrogen (secondary N) is 1. The second-order valence-corrected chi connectivity index (χ2v) is 9.75. The molecule has 0 unspecified atom stereocenters. The first-order valence-electron chi connectivity index (χ1n) is 12.9. The molecule has 1 aliphatic heterocycles. The van der Waals surface area contributed by atoms with E-state index in [0.717, 1.165) is 38.3 Å². The maximum atomic E-state index is 13.0. The number of pyridine rings is 1. The molecule has 206 valence electrons. The third kappa shape index (κ3) is 6.42. The summed E-state index contributed by atoms with van der Waals surface area (Å²) in [6, 6.07) is 10.5. The zero-order valence-corrected chi connectivity index (χ0v) is 22.5. The Morgan fingerprint density at radius 3 is 2.60 bits per heavy atom. The van der Waals surface area contributed by atoms with Crippen LogP contribution in [0.4, 0.5) is 14.5 Å². The Labute approximate surface area is 230 Å². The number of carbonyl (C=O) groups is 1. The van der Waals surface area contributed by atoms with E-state index in [2.05, 4.69) is 66.8 Å². The lowest BCUT2D eigenvalue weighted by Crippen LogP contribution is -2.43. The van der Waals surface area contributed by atoms with Crippen molar-refractivity contribution < 1.29 is 18.3 Å². The summed E-state index contributed by atoms with van der Waals surface area (Å²) in [5, 5.41) is 6.97. The highest BCUT2D eigenvalue weighted by atomic mass is 19.3. The third-order valence-electron chi connectivity index (χ3n) is 6.81. The monoisotopic (exact) mass is 545 g/mol. The molecule has 1 saturated heterocycles. The number of benzene rings is 1. The largest absolute Gasteiger partial charge is 0.415 e. The van der Waals surface area contributed by atoms with Crippen molar-refractivity contribution in [2.75, 3.05) is 38.5 Å². The number of ether oxygens (including phenoxy) is 1. The highest BCUT2D eigenvalue weighted by molar-refractivity contribution is 6.04. The van der Waals surface area contributed by atoms with Crippen molar-refractivity contribution in [3.8, 4) is 17.7 Å². The van der Waals surface area contributed by atoms with Crippen LogP contribution >= 0.6 is 0 Å². The Kier molecular flexibility index (Phi) is 8.00. The van der Waals surface area contributed by atoms with Crippen molar-refractivity contribution in [1.82, 2.24) is 29.4 Å². The number of aryl methyl sites for hydroxylation is 2. The SMILES string of the molecule is Cc1cc(NC(=O)c2cnc(C)c(C#Cc3cnc4ccc(OC(F)F)nn34)c2)ccc1CN1CCN(C)CC1. The summed E-state index contributed by atoms with van der Waals surface area (Å²) in [7, 11) is 2.14. The van der Waals surface area contributed by atoms with Crippen LogP contribution < -0.4 is 10.1 Å². The van der Waals surface area contributed by atoms with Gasteiger partial charge in [0.1, 0.15) is 5.69 Å². The summed E-state index contributed by atoms with van der Waals surface area (Å²) < 4.78 is 30.8. The second-order valence-electron chi connectivity index (χ2n) is 9.75. The lowest BCUT2D eigenvalue weighted by atomic mass is 10.1. The van der Waals surface area contributed by atoms with Crippen molar-refractivity contribution >= 4 is 17.2 Å². The van der Waals surface area contributed by atoms with E-state index in [-0.39, 0.29) is 11.8 Å². The van der Waals surface area contributed by atoms with E-state index in [4.69, 9.17) is 0 Å². The molecule has 0 bridgehead atoms. The van der Waals surface area contributed by atoms with Gasteiger partial charge in [-0.2, -0.15) is 8.78 Å². The molecule has 1 N–H and O–H groups in total. The van der Waals surface area contributed by atoms with Crippen molar-refractivity contribution in [3.05, 3.63) is 82.4 Å². The van der Waals surface area contributed by atoms with Crippen molar-refractivity contribution in [3.63, 3.8) is 0 Å². The molecule has 0 radical (unpaired) electrons. The lowest BCUT2D eigenvalue weighted by molar-refractivity contribution is -0.0535. The average Bonchev–Trinajstić information content (AvgIpc) is 3.32. The Hall–Kier alpha value is -4.40. The smallest absolute Gasteiger partial charge is 0.388 e. The van der Waals surface area contributed by atoms with Crippen molar-refractivity contribution in [2.45, 2.75) is 27.0 Å². The van der Waals surface area contributed by atoms with Gasteiger partial charge in [-0.1, -0.05) is 12.0 Å². The van der Waals surface area contributed by atoms with E-state index in [1.54, 1.807) is 13.0 Å². The molecule has 4 heterocycles. The normalized spacial score (nSPS) is 14.2. The number of carbonyl (C=O) groups excluding carboxylic acids is 1. The number of hydrogen-bond donors (Lipinski definition) is 1. The van der Waals surface area contributed by atoms with Crippen LogP contribution in [0.15, 0.2) is 48.8 Å². The first-order chi connectivity index (χ1) is 19.2. The molecule has 0 spiro atoms. The number of imidazole rings is 1. The molecule has 5 rings (SSSR count). The molecule has 11 heteroatoms. The molecule has 1 fully saturated rings. The van der Waals surface area contributed by atoms with Gasteiger partial charge in [-0.3, -0.25) is 14.7 Å². The van der Waals surface area contributed by atoms with Gasteiger partial charge in [-0.25, -0.2) is 9.50 Å². The molecular weight excluding hydrogens is 516 g/mol. The van der Waals surface area contributed by atoms with Gasteiger partial charge in [-0.05, 0) is 62.2 Å². The van der Waals surface area contributed by atoms with E-state index in [9.17, 15) is 13.6 Å². The molecule has 40 heavy (non-hydrogen) atoms. The molecule has 0 saturated carbocycles. The number of piperazine rings is 1. The van der Waals surface area contributed by atoms with Gasteiger partial charge >= 0.3 is 6.61 Å². The maximum Gasteiger partial charge on any atom is 0.388 e. The van der Waals surface area contributed by atoms with Crippen LogP contribution in [0.5, 0.6) is 5.88 Å². The topological polar surface area (TPSA) is 87.9 Å². The molecule has 9 nitrogen and oxygen atoms in total. The molecule has 0 atom stereocenters. The maximum absolute atomic E-state index is 13.0.